The van der Waals surface area contributed by atoms with Crippen LogP contribution in [0.4, 0.5) is 0 Å². The zero-order chi connectivity index (χ0) is 16.5. The Morgan fingerprint density at radius 1 is 1.26 bits per heavy atom. The molecule has 23 heavy (non-hydrogen) atoms. The van der Waals surface area contributed by atoms with Crippen LogP contribution in [0.15, 0.2) is 29.8 Å². The number of ether oxygens (including phenoxy) is 2. The Morgan fingerprint density at radius 3 is 2.83 bits per heavy atom. The predicted octanol–water partition coefficient (Wildman–Crippen LogP) is 4.85. The number of benzene rings is 1. The second-order valence-electron chi connectivity index (χ2n) is 6.32. The van der Waals surface area contributed by atoms with Crippen LogP contribution >= 0.6 is 0 Å². The van der Waals surface area contributed by atoms with Crippen LogP contribution in [-0.4, -0.2) is 19.8 Å². The van der Waals surface area contributed by atoms with Crippen LogP contribution in [0.3, 0.4) is 0 Å². The lowest BCUT2D eigenvalue weighted by Gasteiger charge is -2.19. The number of hydrogen-bond acceptors (Lipinski definition) is 3. The first-order chi connectivity index (χ1) is 11.2. The lowest BCUT2D eigenvalue weighted by Crippen LogP contribution is -2.18. The van der Waals surface area contributed by atoms with E-state index < -0.39 is 0 Å². The summed E-state index contributed by atoms with van der Waals surface area (Å²) in [5.74, 6) is 1.70. The third-order valence-electron chi connectivity index (χ3n) is 4.50. The van der Waals surface area contributed by atoms with E-state index in [4.69, 9.17) is 9.47 Å². The molecule has 1 aromatic rings. The van der Waals surface area contributed by atoms with Gasteiger partial charge in [-0.2, -0.15) is 0 Å². The summed E-state index contributed by atoms with van der Waals surface area (Å²) in [5, 5.41) is 3.56. The van der Waals surface area contributed by atoms with Gasteiger partial charge in [0.25, 0.3) is 0 Å². The van der Waals surface area contributed by atoms with Gasteiger partial charge in [-0.15, -0.1) is 0 Å². The lowest BCUT2D eigenvalue weighted by atomic mass is 9.97. The topological polar surface area (TPSA) is 30.5 Å². The molecule has 0 aliphatic heterocycles. The fourth-order valence-electron chi connectivity index (χ4n) is 2.88. The second kappa shape index (κ2) is 9.61. The van der Waals surface area contributed by atoms with Gasteiger partial charge in [-0.1, -0.05) is 30.7 Å². The monoisotopic (exact) mass is 317 g/mol. The molecule has 1 aliphatic rings. The molecular formula is C20H31NO2. The Morgan fingerprint density at radius 2 is 2.13 bits per heavy atom. The van der Waals surface area contributed by atoms with Gasteiger partial charge in [-0.3, -0.25) is 0 Å². The molecular weight excluding hydrogens is 286 g/mol. The quantitative estimate of drug-likeness (QED) is 0.521. The highest BCUT2D eigenvalue weighted by molar-refractivity contribution is 5.46. The van der Waals surface area contributed by atoms with Crippen molar-refractivity contribution in [2.75, 3.05) is 13.7 Å². The number of methoxy groups -OCH3 is 1. The summed E-state index contributed by atoms with van der Waals surface area (Å²) >= 11 is 0. The highest BCUT2D eigenvalue weighted by Gasteiger charge is 2.13. The molecule has 3 heteroatoms. The molecule has 0 radical (unpaired) electrons. The van der Waals surface area contributed by atoms with Crippen LogP contribution in [0.2, 0.25) is 0 Å². The number of hydrogen-bond donors (Lipinski definition) is 1. The van der Waals surface area contributed by atoms with Crippen molar-refractivity contribution >= 4 is 0 Å². The van der Waals surface area contributed by atoms with E-state index in [-0.39, 0.29) is 6.10 Å². The van der Waals surface area contributed by atoms with Crippen LogP contribution in [0.5, 0.6) is 11.5 Å². The van der Waals surface area contributed by atoms with Gasteiger partial charge in [0.2, 0.25) is 0 Å². The third-order valence-corrected chi connectivity index (χ3v) is 4.50. The largest absolute Gasteiger partial charge is 0.493 e. The van der Waals surface area contributed by atoms with Gasteiger partial charge < -0.3 is 14.8 Å². The highest BCUT2D eigenvalue weighted by Crippen LogP contribution is 2.32. The number of rotatable bonds is 9. The Bertz CT molecular complexity index is 510. The molecule has 1 atom stereocenters. The minimum absolute atomic E-state index is 0.192. The summed E-state index contributed by atoms with van der Waals surface area (Å²) in [6, 6.07) is 6.12. The molecule has 1 N–H and O–H groups in total. The van der Waals surface area contributed by atoms with Gasteiger partial charge in [-0.25, -0.2) is 0 Å². The predicted molar refractivity (Wildman–Crippen MR) is 96.2 cm³/mol. The van der Waals surface area contributed by atoms with Crippen molar-refractivity contribution in [3.05, 3.63) is 35.4 Å². The summed E-state index contributed by atoms with van der Waals surface area (Å²) in [4.78, 5) is 0. The average Bonchev–Trinajstić information content (AvgIpc) is 2.60. The highest BCUT2D eigenvalue weighted by atomic mass is 16.5. The molecule has 1 aliphatic carbocycles. The molecule has 1 aromatic carbocycles. The first-order valence-corrected chi connectivity index (χ1v) is 8.95. The molecule has 0 amide bonds. The van der Waals surface area contributed by atoms with Crippen molar-refractivity contribution in [3.8, 4) is 11.5 Å². The normalized spacial score (nSPS) is 15.9. The molecule has 0 heterocycles. The maximum absolute atomic E-state index is 6.09. The number of para-hydroxylation sites is 1. The van der Waals surface area contributed by atoms with E-state index in [1.54, 1.807) is 12.7 Å². The molecule has 0 saturated carbocycles. The van der Waals surface area contributed by atoms with Gasteiger partial charge >= 0.3 is 0 Å². The van der Waals surface area contributed by atoms with Crippen LogP contribution in [0.1, 0.15) is 57.9 Å². The molecule has 128 valence electrons. The van der Waals surface area contributed by atoms with E-state index in [0.717, 1.165) is 37.4 Å². The Hall–Kier alpha value is -1.48. The van der Waals surface area contributed by atoms with E-state index in [2.05, 4.69) is 31.3 Å². The van der Waals surface area contributed by atoms with Gasteiger partial charge in [0.05, 0.1) is 13.2 Å². The lowest BCUT2D eigenvalue weighted by molar-refractivity contribution is 0.205. The summed E-state index contributed by atoms with van der Waals surface area (Å²) in [5.41, 5.74) is 2.78. The van der Waals surface area contributed by atoms with Crippen molar-refractivity contribution in [3.63, 3.8) is 0 Å². The van der Waals surface area contributed by atoms with E-state index in [9.17, 15) is 0 Å². The molecule has 0 saturated heterocycles. The van der Waals surface area contributed by atoms with Crippen LogP contribution in [0, 0.1) is 0 Å². The number of nitrogens with one attached hydrogen (secondary N) is 1. The minimum atomic E-state index is 0.192. The van der Waals surface area contributed by atoms with Gasteiger partial charge in [-0.05, 0) is 58.1 Å². The van der Waals surface area contributed by atoms with Crippen LogP contribution in [0.25, 0.3) is 0 Å². The van der Waals surface area contributed by atoms with Crippen LogP contribution < -0.4 is 14.8 Å². The van der Waals surface area contributed by atoms with E-state index >= 15 is 0 Å². The first-order valence-electron chi connectivity index (χ1n) is 8.95. The molecule has 2 rings (SSSR count). The van der Waals surface area contributed by atoms with Gasteiger partial charge in [0.15, 0.2) is 11.5 Å². The smallest absolute Gasteiger partial charge is 0.166 e. The van der Waals surface area contributed by atoms with E-state index in [1.165, 1.54) is 31.2 Å². The maximum atomic E-state index is 6.09. The summed E-state index contributed by atoms with van der Waals surface area (Å²) < 4.78 is 11.6. The zero-order valence-corrected chi connectivity index (χ0v) is 14.9. The maximum Gasteiger partial charge on any atom is 0.166 e. The summed E-state index contributed by atoms with van der Waals surface area (Å²) in [6.07, 6.45) is 10.0. The molecule has 0 aromatic heterocycles. The fourth-order valence-corrected chi connectivity index (χ4v) is 2.88. The van der Waals surface area contributed by atoms with Crippen molar-refractivity contribution in [1.82, 2.24) is 5.32 Å². The van der Waals surface area contributed by atoms with Crippen molar-refractivity contribution < 1.29 is 9.47 Å². The molecule has 3 nitrogen and oxygen atoms in total. The average molecular weight is 317 g/mol. The fraction of sp³-hybridized carbons (Fsp3) is 0.600. The Kier molecular flexibility index (Phi) is 7.47. The third kappa shape index (κ3) is 5.58. The van der Waals surface area contributed by atoms with Gasteiger partial charge in [0, 0.05) is 12.1 Å². The van der Waals surface area contributed by atoms with Gasteiger partial charge in [0.1, 0.15) is 0 Å². The first kappa shape index (κ1) is 17.9. The zero-order valence-electron chi connectivity index (χ0n) is 14.9. The van der Waals surface area contributed by atoms with E-state index in [1.807, 2.05) is 12.1 Å². The summed E-state index contributed by atoms with van der Waals surface area (Å²) in [6.45, 7) is 6.07. The SMILES string of the molecule is CCC(C)Oc1c(CNCCC2=CCCCC2)cccc1OC. The molecule has 1 unspecified atom stereocenters. The number of allylic oxidation sites excluding steroid dienone is 1. The Labute approximate surface area is 141 Å². The molecule has 0 fully saturated rings. The molecule has 0 spiro atoms. The van der Waals surface area contributed by atoms with Crippen molar-refractivity contribution in [1.29, 1.82) is 0 Å². The molecule has 0 bridgehead atoms. The van der Waals surface area contributed by atoms with Crippen LogP contribution in [-0.2, 0) is 6.54 Å². The van der Waals surface area contributed by atoms with E-state index in [0.29, 0.717) is 0 Å². The summed E-state index contributed by atoms with van der Waals surface area (Å²) in [7, 11) is 1.70. The van der Waals surface area contributed by atoms with Crippen molar-refractivity contribution in [2.45, 2.75) is 65.0 Å². The second-order valence-corrected chi connectivity index (χ2v) is 6.32. The standard InChI is InChI=1S/C20H31NO2/c1-4-16(2)23-20-18(11-8-12-19(20)22-3)15-21-14-13-17-9-6-5-7-10-17/h8-9,11-12,16,21H,4-7,10,13-15H2,1-3H3. The van der Waals surface area contributed by atoms with Crippen molar-refractivity contribution in [2.24, 2.45) is 0 Å². The minimum Gasteiger partial charge on any atom is -0.493 e. The Balaban J connectivity index is 1.91.